The minimum Gasteiger partial charge on any atom is -0.469 e. The molecule has 0 radical (unpaired) electrons. The zero-order valence-corrected chi connectivity index (χ0v) is 17.3. The van der Waals surface area contributed by atoms with Crippen molar-refractivity contribution in [3.05, 3.63) is 46.6 Å². The van der Waals surface area contributed by atoms with E-state index >= 15 is 0 Å². The van der Waals surface area contributed by atoms with Gasteiger partial charge in [0.05, 0.1) is 5.39 Å². The number of carbonyl (C=O) groups is 2. The summed E-state index contributed by atoms with van der Waals surface area (Å²) in [6, 6.07) is 6.88. The predicted molar refractivity (Wildman–Crippen MR) is 114 cm³/mol. The smallest absolute Gasteiger partial charge is 0.226 e. The summed E-state index contributed by atoms with van der Waals surface area (Å²) in [7, 11) is 0. The molecule has 1 aliphatic carbocycles. The van der Waals surface area contributed by atoms with Crippen molar-refractivity contribution >= 4 is 38.9 Å². The number of nitrogens with one attached hydrogen (secondary N) is 1. The van der Waals surface area contributed by atoms with Crippen LogP contribution in [0.3, 0.4) is 0 Å². The molecular weight excluding hydrogens is 386 g/mol. The van der Waals surface area contributed by atoms with Gasteiger partial charge in [0, 0.05) is 22.5 Å². The van der Waals surface area contributed by atoms with Gasteiger partial charge in [0.2, 0.25) is 11.8 Å². The fraction of sp³-hybridized carbons (Fsp3) is 0.364. The van der Waals surface area contributed by atoms with Gasteiger partial charge in [0.1, 0.15) is 11.2 Å². The lowest BCUT2D eigenvalue weighted by molar-refractivity contribution is -0.116. The van der Waals surface area contributed by atoms with E-state index in [1.165, 1.54) is 16.8 Å². The first-order chi connectivity index (χ1) is 14.0. The summed E-state index contributed by atoms with van der Waals surface area (Å²) in [6.07, 6.45) is 5.19. The number of rotatable bonds is 7. The quantitative estimate of drug-likeness (QED) is 0.584. The summed E-state index contributed by atoms with van der Waals surface area (Å²) in [5, 5.41) is 3.80. The van der Waals surface area contributed by atoms with Gasteiger partial charge >= 0.3 is 0 Å². The molecule has 150 valence electrons. The lowest BCUT2D eigenvalue weighted by atomic mass is 10.1. The molecule has 0 fully saturated rings. The minimum absolute atomic E-state index is 0.0292. The Bertz CT molecular complexity index is 1060. The van der Waals surface area contributed by atoms with E-state index in [0.717, 1.165) is 29.5 Å². The normalized spacial score (nSPS) is 12.9. The average molecular weight is 410 g/mol. The van der Waals surface area contributed by atoms with Gasteiger partial charge in [-0.15, -0.1) is 11.3 Å². The van der Waals surface area contributed by atoms with Crippen molar-refractivity contribution < 1.29 is 14.3 Å². The number of amides is 1. The van der Waals surface area contributed by atoms with Gasteiger partial charge in [-0.25, -0.2) is 9.97 Å². The van der Waals surface area contributed by atoms with E-state index in [4.69, 9.17) is 4.74 Å². The van der Waals surface area contributed by atoms with E-state index in [2.05, 4.69) is 15.3 Å². The number of nitrogens with zero attached hydrogens (tertiary/aromatic N) is 2. The molecule has 6 nitrogen and oxygen atoms in total. The highest BCUT2D eigenvalue weighted by Crippen LogP contribution is 2.39. The molecule has 0 atom stereocenters. The van der Waals surface area contributed by atoms with E-state index in [1.54, 1.807) is 35.6 Å². The van der Waals surface area contributed by atoms with Crippen molar-refractivity contribution in [1.29, 1.82) is 0 Å². The third-order valence-electron chi connectivity index (χ3n) is 4.89. The number of thiophene rings is 1. The third-order valence-corrected chi connectivity index (χ3v) is 6.09. The van der Waals surface area contributed by atoms with Crippen LogP contribution in [-0.2, 0) is 17.6 Å². The first-order valence-corrected chi connectivity index (χ1v) is 10.6. The molecule has 0 bridgehead atoms. The molecule has 2 aromatic heterocycles. The topological polar surface area (TPSA) is 81.2 Å². The molecule has 0 aliphatic heterocycles. The fourth-order valence-corrected chi connectivity index (χ4v) is 4.77. The Labute approximate surface area is 173 Å². The van der Waals surface area contributed by atoms with E-state index < -0.39 is 0 Å². The average Bonchev–Trinajstić information content (AvgIpc) is 3.27. The van der Waals surface area contributed by atoms with Crippen LogP contribution in [0.2, 0.25) is 0 Å². The summed E-state index contributed by atoms with van der Waals surface area (Å²) in [5.41, 5.74) is 2.49. The van der Waals surface area contributed by atoms with Crippen molar-refractivity contribution in [1.82, 2.24) is 9.97 Å². The Morgan fingerprint density at radius 3 is 2.72 bits per heavy atom. The zero-order valence-electron chi connectivity index (χ0n) is 16.5. The number of ketones is 1. The first-order valence-electron chi connectivity index (χ1n) is 9.82. The van der Waals surface area contributed by atoms with Crippen LogP contribution in [0.4, 0.5) is 5.69 Å². The van der Waals surface area contributed by atoms with Crippen molar-refractivity contribution in [2.24, 2.45) is 5.92 Å². The molecule has 1 amide bonds. The fourth-order valence-electron chi connectivity index (χ4n) is 3.55. The minimum atomic E-state index is -0.135. The number of aryl methyl sites for hydroxylation is 2. The van der Waals surface area contributed by atoms with Gasteiger partial charge in [-0.1, -0.05) is 13.8 Å². The van der Waals surface area contributed by atoms with Crippen LogP contribution >= 0.6 is 11.3 Å². The molecule has 0 unspecified atom stereocenters. The van der Waals surface area contributed by atoms with Gasteiger partial charge in [0.25, 0.3) is 0 Å². The van der Waals surface area contributed by atoms with Crippen molar-refractivity contribution in [3.8, 4) is 5.88 Å². The number of benzene rings is 1. The summed E-state index contributed by atoms with van der Waals surface area (Å²) in [4.78, 5) is 35.3. The second-order valence-corrected chi connectivity index (χ2v) is 8.74. The number of ether oxygens (including phenoxy) is 1. The molecule has 0 spiro atoms. The maximum absolute atomic E-state index is 12.6. The van der Waals surface area contributed by atoms with Crippen LogP contribution in [0.25, 0.3) is 10.2 Å². The number of aromatic nitrogens is 2. The molecule has 0 saturated heterocycles. The summed E-state index contributed by atoms with van der Waals surface area (Å²) in [6.45, 7) is 3.91. The third kappa shape index (κ3) is 4.29. The van der Waals surface area contributed by atoms with Crippen LogP contribution < -0.4 is 10.1 Å². The van der Waals surface area contributed by atoms with E-state index in [0.29, 0.717) is 29.5 Å². The van der Waals surface area contributed by atoms with Gasteiger partial charge < -0.3 is 10.1 Å². The van der Waals surface area contributed by atoms with Crippen LogP contribution in [0.15, 0.2) is 30.6 Å². The Kier molecular flexibility index (Phi) is 5.58. The Hall–Kier alpha value is -2.80. The summed E-state index contributed by atoms with van der Waals surface area (Å²) >= 11 is 1.69. The summed E-state index contributed by atoms with van der Waals surface area (Å²) < 4.78 is 5.79. The number of carbonyl (C=O) groups excluding carboxylic acids is 2. The van der Waals surface area contributed by atoms with Crippen LogP contribution in [-0.4, -0.2) is 28.3 Å². The summed E-state index contributed by atoms with van der Waals surface area (Å²) in [5.74, 6) is 0.619. The number of hydrogen-bond acceptors (Lipinski definition) is 6. The van der Waals surface area contributed by atoms with Gasteiger partial charge in [-0.2, -0.15) is 0 Å². The molecular formula is C22H23N3O3S. The second-order valence-electron chi connectivity index (χ2n) is 7.65. The van der Waals surface area contributed by atoms with Crippen LogP contribution in [0.1, 0.15) is 47.5 Å². The number of Topliss-reactive ketones (excluding diaryl/α,β-unsaturated/α-hetero) is 1. The first kappa shape index (κ1) is 19.5. The molecule has 0 saturated carbocycles. The standard InChI is InChI=1S/C22H23N3O3S/c1-13(2)10-19(27)25-15-8-6-14(7-9-15)17(26)11-28-21-20-16-4-3-5-18(16)29-22(20)24-12-23-21/h6-9,12-13H,3-5,10-11H2,1-2H3,(H,25,27). The predicted octanol–water partition coefficient (Wildman–Crippen LogP) is 4.43. The zero-order chi connectivity index (χ0) is 20.4. The number of anilines is 1. The van der Waals surface area contributed by atoms with Crippen LogP contribution in [0, 0.1) is 5.92 Å². The molecule has 1 N–H and O–H groups in total. The monoisotopic (exact) mass is 409 g/mol. The van der Waals surface area contributed by atoms with E-state index in [-0.39, 0.29) is 18.3 Å². The van der Waals surface area contributed by atoms with Crippen molar-refractivity contribution in [2.75, 3.05) is 11.9 Å². The van der Waals surface area contributed by atoms with E-state index in [1.807, 2.05) is 13.8 Å². The SMILES string of the molecule is CC(C)CC(=O)Nc1ccc(C(=O)COc2ncnc3sc4c(c23)CCC4)cc1. The lowest BCUT2D eigenvalue weighted by Gasteiger charge is -2.09. The number of fused-ring (bicyclic) bond motifs is 3. The largest absolute Gasteiger partial charge is 0.469 e. The van der Waals surface area contributed by atoms with Crippen molar-refractivity contribution in [3.63, 3.8) is 0 Å². The van der Waals surface area contributed by atoms with Gasteiger partial charge in [-0.3, -0.25) is 9.59 Å². The Morgan fingerprint density at radius 1 is 1.17 bits per heavy atom. The molecule has 1 aliphatic rings. The molecule has 4 rings (SSSR count). The maximum Gasteiger partial charge on any atom is 0.226 e. The lowest BCUT2D eigenvalue weighted by Crippen LogP contribution is -2.15. The van der Waals surface area contributed by atoms with E-state index in [9.17, 15) is 9.59 Å². The molecule has 29 heavy (non-hydrogen) atoms. The maximum atomic E-state index is 12.6. The molecule has 1 aromatic carbocycles. The Balaban J connectivity index is 1.41. The highest BCUT2D eigenvalue weighted by Gasteiger charge is 2.22. The Morgan fingerprint density at radius 2 is 1.97 bits per heavy atom. The molecule has 7 heteroatoms. The molecule has 3 aromatic rings. The highest BCUT2D eigenvalue weighted by atomic mass is 32.1. The van der Waals surface area contributed by atoms with Crippen LogP contribution in [0.5, 0.6) is 5.88 Å². The molecule has 2 heterocycles. The van der Waals surface area contributed by atoms with Crippen molar-refractivity contribution in [2.45, 2.75) is 39.5 Å². The van der Waals surface area contributed by atoms with Gasteiger partial charge in [0.15, 0.2) is 12.4 Å². The van der Waals surface area contributed by atoms with Gasteiger partial charge in [-0.05, 0) is 55.0 Å². The number of hydrogen-bond donors (Lipinski definition) is 1. The second kappa shape index (κ2) is 8.29. The highest BCUT2D eigenvalue weighted by molar-refractivity contribution is 7.18.